The standard InChI is InChI=1S/C25H31N3O5S2/c1-31-17-15-28-13-11-25(12-14-28,23(26)29)35(30)20-9-7-19(8-10-20)32-16-4-18-34-24-27-21-5-2-3-6-22(21)33-24/h2-3,5-10H,4,11-18H2,1H3,(H2,26,29). The van der Waals surface area contributed by atoms with Crippen LogP contribution in [0.2, 0.25) is 0 Å². The number of fused-ring (bicyclic) bond motifs is 1. The molecule has 0 bridgehead atoms. The summed E-state index contributed by atoms with van der Waals surface area (Å²) < 4.78 is 29.0. The maximum Gasteiger partial charge on any atom is 0.256 e. The minimum absolute atomic E-state index is 0.467. The highest BCUT2D eigenvalue weighted by molar-refractivity contribution is 7.99. The van der Waals surface area contributed by atoms with Gasteiger partial charge in [-0.15, -0.1) is 0 Å². The number of nitrogens with two attached hydrogens (primary N) is 1. The van der Waals surface area contributed by atoms with Crippen molar-refractivity contribution in [2.24, 2.45) is 5.73 Å². The molecule has 3 aromatic rings. The van der Waals surface area contributed by atoms with Gasteiger partial charge >= 0.3 is 0 Å². The molecule has 2 N–H and O–H groups in total. The van der Waals surface area contributed by atoms with Crippen LogP contribution in [0.1, 0.15) is 19.3 Å². The monoisotopic (exact) mass is 517 g/mol. The first kappa shape index (κ1) is 25.7. The van der Waals surface area contributed by atoms with Gasteiger partial charge in [-0.05, 0) is 55.7 Å². The summed E-state index contributed by atoms with van der Waals surface area (Å²) in [6.45, 7) is 3.29. The van der Waals surface area contributed by atoms with E-state index < -0.39 is 21.5 Å². The van der Waals surface area contributed by atoms with Gasteiger partial charge in [0.1, 0.15) is 16.0 Å². The van der Waals surface area contributed by atoms with Crippen LogP contribution >= 0.6 is 11.8 Å². The lowest BCUT2D eigenvalue weighted by atomic mass is 9.95. The number of benzene rings is 2. The number of piperidine rings is 1. The second kappa shape index (κ2) is 12.0. The average molecular weight is 518 g/mol. The Labute approximate surface area is 212 Å². The molecule has 1 unspecified atom stereocenters. The van der Waals surface area contributed by atoms with Crippen molar-refractivity contribution in [1.29, 1.82) is 0 Å². The molecule has 0 saturated carbocycles. The number of hydrogen-bond acceptors (Lipinski definition) is 8. The summed E-state index contributed by atoms with van der Waals surface area (Å²) in [6, 6.07) is 14.8. The van der Waals surface area contributed by atoms with Crippen molar-refractivity contribution < 1.29 is 22.9 Å². The summed E-state index contributed by atoms with van der Waals surface area (Å²) in [6.07, 6.45) is 1.75. The van der Waals surface area contributed by atoms with Crippen molar-refractivity contribution in [1.82, 2.24) is 9.88 Å². The van der Waals surface area contributed by atoms with Crippen LogP contribution in [0.25, 0.3) is 11.1 Å². The molecule has 10 heteroatoms. The number of methoxy groups -OCH3 is 1. The molecule has 1 amide bonds. The van der Waals surface area contributed by atoms with E-state index in [9.17, 15) is 9.00 Å². The first-order valence-electron chi connectivity index (χ1n) is 11.7. The quantitative estimate of drug-likeness (QED) is 0.287. The maximum atomic E-state index is 13.4. The van der Waals surface area contributed by atoms with E-state index in [4.69, 9.17) is 19.6 Å². The molecule has 4 rings (SSSR count). The third-order valence-corrected chi connectivity index (χ3v) is 9.11. The molecule has 1 fully saturated rings. The largest absolute Gasteiger partial charge is 0.494 e. The molecular formula is C25H31N3O5S2. The number of para-hydroxylation sites is 2. The van der Waals surface area contributed by atoms with Crippen LogP contribution < -0.4 is 10.5 Å². The summed E-state index contributed by atoms with van der Waals surface area (Å²) in [5, 5.41) is 0.658. The summed E-state index contributed by atoms with van der Waals surface area (Å²) in [5.41, 5.74) is 7.41. The van der Waals surface area contributed by atoms with E-state index in [1.54, 1.807) is 43.1 Å². The van der Waals surface area contributed by atoms with E-state index in [0.29, 0.717) is 55.0 Å². The van der Waals surface area contributed by atoms with Gasteiger partial charge in [-0.25, -0.2) is 4.98 Å². The third-order valence-electron chi connectivity index (χ3n) is 6.17. The number of ether oxygens (including phenoxy) is 2. The van der Waals surface area contributed by atoms with E-state index in [1.807, 2.05) is 24.3 Å². The maximum absolute atomic E-state index is 13.4. The fourth-order valence-electron chi connectivity index (χ4n) is 4.09. The smallest absolute Gasteiger partial charge is 0.256 e. The van der Waals surface area contributed by atoms with Gasteiger partial charge < -0.3 is 24.5 Å². The van der Waals surface area contributed by atoms with Gasteiger partial charge in [0.05, 0.1) is 24.0 Å². The number of rotatable bonds is 12. The van der Waals surface area contributed by atoms with Crippen LogP contribution in [0.5, 0.6) is 5.75 Å². The number of primary amides is 1. The molecule has 2 aromatic carbocycles. The number of aromatic nitrogens is 1. The fourth-order valence-corrected chi connectivity index (χ4v) is 6.41. The lowest BCUT2D eigenvalue weighted by Gasteiger charge is -2.38. The first-order chi connectivity index (χ1) is 17.0. The Bertz CT molecular complexity index is 1110. The highest BCUT2D eigenvalue weighted by Crippen LogP contribution is 2.33. The Morgan fingerprint density at radius 2 is 1.91 bits per heavy atom. The van der Waals surface area contributed by atoms with E-state index in [1.165, 1.54) is 0 Å². The van der Waals surface area contributed by atoms with Crippen molar-refractivity contribution in [3.8, 4) is 5.75 Å². The van der Waals surface area contributed by atoms with Crippen LogP contribution in [-0.4, -0.2) is 70.5 Å². The van der Waals surface area contributed by atoms with Gasteiger partial charge in [-0.2, -0.15) is 0 Å². The second-order valence-corrected chi connectivity index (χ2v) is 11.3. The lowest BCUT2D eigenvalue weighted by Crippen LogP contribution is -2.55. The highest BCUT2D eigenvalue weighted by atomic mass is 32.2. The van der Waals surface area contributed by atoms with Crippen LogP contribution in [0.3, 0.4) is 0 Å². The van der Waals surface area contributed by atoms with E-state index in [0.717, 1.165) is 29.8 Å². The zero-order valence-electron chi connectivity index (χ0n) is 19.8. The highest BCUT2D eigenvalue weighted by Gasteiger charge is 2.46. The topological polar surface area (TPSA) is 108 Å². The molecular weight excluding hydrogens is 486 g/mol. The molecule has 188 valence electrons. The summed E-state index contributed by atoms with van der Waals surface area (Å²) in [7, 11) is 0.133. The lowest BCUT2D eigenvalue weighted by molar-refractivity contribution is -0.121. The van der Waals surface area contributed by atoms with Crippen molar-refractivity contribution in [2.75, 3.05) is 45.7 Å². The van der Waals surface area contributed by atoms with Crippen LogP contribution in [0, 0.1) is 0 Å². The molecule has 1 aromatic heterocycles. The second-order valence-electron chi connectivity index (χ2n) is 8.43. The van der Waals surface area contributed by atoms with Crippen molar-refractivity contribution in [3.05, 3.63) is 48.5 Å². The summed E-state index contributed by atoms with van der Waals surface area (Å²) in [4.78, 5) is 19.6. The van der Waals surface area contributed by atoms with Crippen LogP contribution in [-0.2, 0) is 20.3 Å². The Kier molecular flexibility index (Phi) is 8.83. The van der Waals surface area contributed by atoms with Crippen molar-refractivity contribution >= 4 is 39.6 Å². The fraction of sp³-hybridized carbons (Fsp3) is 0.440. The number of carbonyl (C=O) groups excluding carboxylic acids is 1. The zero-order chi connectivity index (χ0) is 24.7. The minimum Gasteiger partial charge on any atom is -0.494 e. The van der Waals surface area contributed by atoms with Gasteiger partial charge in [0.15, 0.2) is 5.58 Å². The molecule has 35 heavy (non-hydrogen) atoms. The SMILES string of the molecule is COCCN1CCC(C(N)=O)(S(=O)c2ccc(OCCCSc3nc4ccccc4o3)cc2)CC1. The molecule has 0 radical (unpaired) electrons. The number of carbonyl (C=O) groups is 1. The van der Waals surface area contributed by atoms with E-state index in [2.05, 4.69) is 9.88 Å². The van der Waals surface area contributed by atoms with Gasteiger partial charge in [0, 0.05) is 37.4 Å². The predicted molar refractivity (Wildman–Crippen MR) is 137 cm³/mol. The number of hydrogen-bond donors (Lipinski definition) is 1. The number of thioether (sulfide) groups is 1. The minimum atomic E-state index is -1.53. The molecule has 1 aliphatic rings. The van der Waals surface area contributed by atoms with Crippen molar-refractivity contribution in [3.63, 3.8) is 0 Å². The summed E-state index contributed by atoms with van der Waals surface area (Å²) in [5.74, 6) is 1.01. The van der Waals surface area contributed by atoms with Crippen molar-refractivity contribution in [2.45, 2.75) is 34.1 Å². The molecule has 1 saturated heterocycles. The molecule has 0 spiro atoms. The number of likely N-dealkylation sites (tertiary alicyclic amines) is 1. The molecule has 1 aliphatic heterocycles. The van der Waals surface area contributed by atoms with Crippen LogP contribution in [0.4, 0.5) is 0 Å². The molecule has 1 atom stereocenters. The molecule has 8 nitrogen and oxygen atoms in total. The predicted octanol–water partition coefficient (Wildman–Crippen LogP) is 3.46. The third kappa shape index (κ3) is 6.24. The van der Waals surface area contributed by atoms with E-state index >= 15 is 0 Å². The number of amides is 1. The molecule has 0 aliphatic carbocycles. The zero-order valence-corrected chi connectivity index (χ0v) is 21.4. The Balaban J connectivity index is 1.25. The van der Waals surface area contributed by atoms with Gasteiger partial charge in [0.2, 0.25) is 5.91 Å². The van der Waals surface area contributed by atoms with Gasteiger partial charge in [-0.3, -0.25) is 9.00 Å². The Morgan fingerprint density at radius 1 is 1.17 bits per heavy atom. The number of oxazole rings is 1. The summed E-state index contributed by atoms with van der Waals surface area (Å²) >= 11 is 1.56. The Morgan fingerprint density at radius 3 is 2.60 bits per heavy atom. The van der Waals surface area contributed by atoms with Crippen LogP contribution in [0.15, 0.2) is 63.1 Å². The molecule has 2 heterocycles. The normalized spacial score (nSPS) is 16.8. The average Bonchev–Trinajstić information content (AvgIpc) is 3.30. The number of nitrogens with zero attached hydrogens (tertiary/aromatic N) is 2. The van der Waals surface area contributed by atoms with Gasteiger partial charge in [-0.1, -0.05) is 23.9 Å². The first-order valence-corrected chi connectivity index (χ1v) is 13.8. The van der Waals surface area contributed by atoms with E-state index in [-0.39, 0.29) is 0 Å². The Hall–Kier alpha value is -2.40. The van der Waals surface area contributed by atoms with Gasteiger partial charge in [0.25, 0.3) is 5.22 Å².